The van der Waals surface area contributed by atoms with Crippen LogP contribution in [0, 0.1) is 5.82 Å². The number of furan rings is 1. The Kier molecular flexibility index (Phi) is 4.49. The summed E-state index contributed by atoms with van der Waals surface area (Å²) >= 11 is 0. The zero-order valence-corrected chi connectivity index (χ0v) is 14.5. The largest absolute Gasteiger partial charge is 0.459 e. The van der Waals surface area contributed by atoms with Gasteiger partial charge in [0, 0.05) is 26.2 Å². The summed E-state index contributed by atoms with van der Waals surface area (Å²) in [4.78, 5) is 42.2. The molecular formula is C19H18FN3O4. The van der Waals surface area contributed by atoms with Crippen molar-refractivity contribution in [1.29, 1.82) is 0 Å². The van der Waals surface area contributed by atoms with Crippen LogP contribution in [0.3, 0.4) is 0 Å². The fraction of sp³-hybridized carbons (Fsp3) is 0.316. The van der Waals surface area contributed by atoms with E-state index in [0.717, 1.165) is 4.90 Å². The van der Waals surface area contributed by atoms with Gasteiger partial charge in [-0.3, -0.25) is 19.3 Å². The smallest absolute Gasteiger partial charge is 0.289 e. The minimum absolute atomic E-state index is 0.0857. The molecule has 0 N–H and O–H groups in total. The second kappa shape index (κ2) is 6.96. The maximum absolute atomic E-state index is 13.1. The average molecular weight is 371 g/mol. The number of halogens is 1. The van der Waals surface area contributed by atoms with E-state index in [-0.39, 0.29) is 29.9 Å². The molecule has 0 unspecified atom stereocenters. The second-order valence-electron chi connectivity index (χ2n) is 6.57. The van der Waals surface area contributed by atoms with Crippen molar-refractivity contribution < 1.29 is 23.2 Å². The number of hydrogen-bond acceptors (Lipinski definition) is 5. The lowest BCUT2D eigenvalue weighted by molar-refractivity contribution is -0.123. The van der Waals surface area contributed by atoms with Gasteiger partial charge in [-0.25, -0.2) is 9.29 Å². The molecule has 3 heterocycles. The first-order valence-corrected chi connectivity index (χ1v) is 8.74. The standard InChI is InChI=1S/C19H18FN3O4/c20-13-3-5-14(6-4-13)23-17(24)12-15(18(23)25)21-7-9-22(10-8-21)19(26)16-2-1-11-27-16/h1-6,11,15H,7-10,12H2/t15-/m1/s1. The zero-order valence-electron chi connectivity index (χ0n) is 14.5. The summed E-state index contributed by atoms with van der Waals surface area (Å²) in [6, 6.07) is 8.03. The summed E-state index contributed by atoms with van der Waals surface area (Å²) in [5.74, 6) is -0.922. The molecule has 3 amide bonds. The average Bonchev–Trinajstić information content (AvgIpc) is 3.31. The number of hydrogen-bond donors (Lipinski definition) is 0. The van der Waals surface area contributed by atoms with Crippen molar-refractivity contribution in [3.8, 4) is 0 Å². The highest BCUT2D eigenvalue weighted by Gasteiger charge is 2.43. The molecule has 1 atom stereocenters. The van der Waals surface area contributed by atoms with E-state index < -0.39 is 11.9 Å². The van der Waals surface area contributed by atoms with Crippen molar-refractivity contribution >= 4 is 23.4 Å². The number of anilines is 1. The number of rotatable bonds is 3. The molecule has 2 aromatic rings. The number of carbonyl (C=O) groups is 3. The maximum Gasteiger partial charge on any atom is 0.289 e. The third-order valence-corrected chi connectivity index (χ3v) is 4.98. The normalized spacial score (nSPS) is 21.1. The Morgan fingerprint density at radius 2 is 1.74 bits per heavy atom. The van der Waals surface area contributed by atoms with Crippen LogP contribution in [0.25, 0.3) is 0 Å². The Morgan fingerprint density at radius 3 is 2.37 bits per heavy atom. The summed E-state index contributed by atoms with van der Waals surface area (Å²) in [7, 11) is 0. The Hall–Kier alpha value is -3.00. The lowest BCUT2D eigenvalue weighted by Gasteiger charge is -2.36. The first kappa shape index (κ1) is 17.4. The van der Waals surface area contributed by atoms with Crippen LogP contribution in [0.1, 0.15) is 17.0 Å². The Balaban J connectivity index is 1.41. The van der Waals surface area contributed by atoms with E-state index in [2.05, 4.69) is 0 Å². The van der Waals surface area contributed by atoms with E-state index in [4.69, 9.17) is 4.42 Å². The molecule has 0 aliphatic carbocycles. The summed E-state index contributed by atoms with van der Waals surface area (Å²) in [5, 5.41) is 0. The number of piperazine rings is 1. The number of amides is 3. The highest BCUT2D eigenvalue weighted by Crippen LogP contribution is 2.26. The first-order chi connectivity index (χ1) is 13.0. The fourth-order valence-corrected chi connectivity index (χ4v) is 3.56. The van der Waals surface area contributed by atoms with Gasteiger partial charge in [0.05, 0.1) is 24.4 Å². The lowest BCUT2D eigenvalue weighted by Crippen LogP contribution is -2.53. The van der Waals surface area contributed by atoms with Crippen LogP contribution in [0.4, 0.5) is 10.1 Å². The van der Waals surface area contributed by atoms with Crippen molar-refractivity contribution in [3.05, 3.63) is 54.2 Å². The number of imide groups is 1. The molecule has 1 aromatic heterocycles. The van der Waals surface area contributed by atoms with Gasteiger partial charge < -0.3 is 9.32 Å². The number of carbonyl (C=O) groups excluding carboxylic acids is 3. The minimum atomic E-state index is -0.552. The van der Waals surface area contributed by atoms with Crippen molar-refractivity contribution in [1.82, 2.24) is 9.80 Å². The molecule has 2 saturated heterocycles. The predicted octanol–water partition coefficient (Wildman–Crippen LogP) is 1.51. The molecule has 2 aliphatic heterocycles. The molecule has 0 bridgehead atoms. The van der Waals surface area contributed by atoms with Gasteiger partial charge in [-0.2, -0.15) is 0 Å². The van der Waals surface area contributed by atoms with E-state index in [9.17, 15) is 18.8 Å². The number of benzene rings is 1. The molecule has 4 rings (SSSR count). The molecule has 7 nitrogen and oxygen atoms in total. The molecule has 2 aliphatic rings. The van der Waals surface area contributed by atoms with Crippen molar-refractivity contribution in [2.24, 2.45) is 0 Å². The second-order valence-corrected chi connectivity index (χ2v) is 6.57. The Morgan fingerprint density at radius 1 is 1.04 bits per heavy atom. The van der Waals surface area contributed by atoms with Gasteiger partial charge in [0.1, 0.15) is 5.82 Å². The highest BCUT2D eigenvalue weighted by molar-refractivity contribution is 6.22. The molecular weight excluding hydrogens is 353 g/mol. The first-order valence-electron chi connectivity index (χ1n) is 8.74. The van der Waals surface area contributed by atoms with Crippen molar-refractivity contribution in [2.75, 3.05) is 31.1 Å². The van der Waals surface area contributed by atoms with Gasteiger partial charge in [0.15, 0.2) is 5.76 Å². The Bertz CT molecular complexity index is 858. The van der Waals surface area contributed by atoms with E-state index in [0.29, 0.717) is 31.9 Å². The van der Waals surface area contributed by atoms with Crippen molar-refractivity contribution in [3.63, 3.8) is 0 Å². The molecule has 8 heteroatoms. The maximum atomic E-state index is 13.1. The van der Waals surface area contributed by atoms with Gasteiger partial charge >= 0.3 is 0 Å². The molecule has 2 fully saturated rings. The van der Waals surface area contributed by atoms with Crippen LogP contribution in [-0.2, 0) is 9.59 Å². The molecule has 140 valence electrons. The van der Waals surface area contributed by atoms with E-state index in [1.807, 2.05) is 4.90 Å². The Labute approximate surface area is 154 Å². The van der Waals surface area contributed by atoms with Crippen molar-refractivity contribution in [2.45, 2.75) is 12.5 Å². The quantitative estimate of drug-likeness (QED) is 0.765. The SMILES string of the molecule is O=C(c1ccco1)N1CCN([C@@H]2CC(=O)N(c3ccc(F)cc3)C2=O)CC1. The minimum Gasteiger partial charge on any atom is -0.459 e. The van der Waals surface area contributed by atoms with Gasteiger partial charge in [0.25, 0.3) is 11.8 Å². The van der Waals surface area contributed by atoms with Crippen LogP contribution in [0.5, 0.6) is 0 Å². The van der Waals surface area contributed by atoms with Crippen LogP contribution >= 0.6 is 0 Å². The van der Waals surface area contributed by atoms with Crippen LogP contribution in [-0.4, -0.2) is 59.7 Å². The van der Waals surface area contributed by atoms with E-state index in [1.165, 1.54) is 30.5 Å². The number of nitrogens with zero attached hydrogens (tertiary/aromatic N) is 3. The van der Waals surface area contributed by atoms with Gasteiger partial charge in [-0.1, -0.05) is 0 Å². The monoisotopic (exact) mass is 371 g/mol. The zero-order chi connectivity index (χ0) is 19.0. The van der Waals surface area contributed by atoms with Crippen LogP contribution in [0.15, 0.2) is 47.1 Å². The topological polar surface area (TPSA) is 74.1 Å². The van der Waals surface area contributed by atoms with E-state index >= 15 is 0 Å². The van der Waals surface area contributed by atoms with Crippen LogP contribution in [0.2, 0.25) is 0 Å². The van der Waals surface area contributed by atoms with Crippen LogP contribution < -0.4 is 4.90 Å². The highest BCUT2D eigenvalue weighted by atomic mass is 19.1. The molecule has 0 radical (unpaired) electrons. The van der Waals surface area contributed by atoms with Gasteiger partial charge in [0.2, 0.25) is 5.91 Å². The van der Waals surface area contributed by atoms with Gasteiger partial charge in [-0.15, -0.1) is 0 Å². The van der Waals surface area contributed by atoms with Gasteiger partial charge in [-0.05, 0) is 36.4 Å². The molecule has 0 spiro atoms. The molecule has 0 saturated carbocycles. The van der Waals surface area contributed by atoms with E-state index in [1.54, 1.807) is 17.0 Å². The summed E-state index contributed by atoms with van der Waals surface area (Å²) in [5.41, 5.74) is 0.375. The third kappa shape index (κ3) is 3.23. The molecule has 1 aromatic carbocycles. The summed E-state index contributed by atoms with van der Waals surface area (Å²) < 4.78 is 18.2. The fourth-order valence-electron chi connectivity index (χ4n) is 3.56. The lowest BCUT2D eigenvalue weighted by atomic mass is 10.1. The third-order valence-electron chi connectivity index (χ3n) is 4.98. The summed E-state index contributed by atoms with van der Waals surface area (Å²) in [6.07, 6.45) is 1.54. The molecule has 27 heavy (non-hydrogen) atoms. The predicted molar refractivity (Wildman–Crippen MR) is 93.5 cm³/mol. The summed E-state index contributed by atoms with van der Waals surface area (Å²) in [6.45, 7) is 1.89.